The quantitative estimate of drug-likeness (QED) is 0.824. The first-order valence-corrected chi connectivity index (χ1v) is 6.18. The zero-order chi connectivity index (χ0) is 13.0. The van der Waals surface area contributed by atoms with Crippen LogP contribution in [-0.2, 0) is 6.54 Å². The molecule has 2 rings (SSSR count). The minimum absolute atomic E-state index is 0.111. The Morgan fingerprint density at radius 2 is 2.28 bits per heavy atom. The molecule has 2 N–H and O–H groups in total. The molecule has 1 heterocycles. The number of aliphatic hydroxyl groups is 1. The van der Waals surface area contributed by atoms with Crippen molar-refractivity contribution in [2.75, 3.05) is 13.7 Å². The van der Waals surface area contributed by atoms with Crippen LogP contribution in [0.1, 0.15) is 19.1 Å². The molecule has 0 aliphatic carbocycles. The molecule has 4 heteroatoms. The normalized spacial score (nSPS) is 12.8. The number of aliphatic hydroxyl groups excluding tert-OH is 1. The van der Waals surface area contributed by atoms with Gasteiger partial charge in [-0.3, -0.25) is 0 Å². The Hall–Kier alpha value is -1.52. The van der Waals surface area contributed by atoms with Crippen LogP contribution in [-0.4, -0.2) is 24.9 Å². The Morgan fingerprint density at radius 1 is 1.44 bits per heavy atom. The van der Waals surface area contributed by atoms with E-state index in [0.717, 1.165) is 28.9 Å². The largest absolute Gasteiger partial charge is 0.493 e. The first-order chi connectivity index (χ1) is 8.78. The van der Waals surface area contributed by atoms with Gasteiger partial charge in [0, 0.05) is 11.4 Å². The number of hydrogen-bond donors (Lipinski definition) is 2. The number of hydrogen-bond acceptors (Lipinski definition) is 4. The SMILES string of the molecule is CCC(CO)NCc1cc2cccc(OC)c2o1. The number of furan rings is 1. The predicted octanol–water partition coefficient (Wildman–Crippen LogP) is 2.30. The molecule has 0 saturated carbocycles. The summed E-state index contributed by atoms with van der Waals surface area (Å²) < 4.78 is 11.0. The highest BCUT2D eigenvalue weighted by molar-refractivity contribution is 5.83. The van der Waals surface area contributed by atoms with Crippen LogP contribution in [0.25, 0.3) is 11.0 Å². The van der Waals surface area contributed by atoms with E-state index in [4.69, 9.17) is 14.3 Å². The molecule has 1 unspecified atom stereocenters. The molecule has 18 heavy (non-hydrogen) atoms. The smallest absolute Gasteiger partial charge is 0.176 e. The van der Waals surface area contributed by atoms with Crippen LogP contribution in [0.2, 0.25) is 0 Å². The summed E-state index contributed by atoms with van der Waals surface area (Å²) in [5.74, 6) is 1.59. The minimum Gasteiger partial charge on any atom is -0.493 e. The van der Waals surface area contributed by atoms with E-state index in [-0.39, 0.29) is 12.6 Å². The molecule has 0 radical (unpaired) electrons. The summed E-state index contributed by atoms with van der Waals surface area (Å²) in [6, 6.07) is 7.92. The summed E-state index contributed by atoms with van der Waals surface area (Å²) in [4.78, 5) is 0. The third-order valence-electron chi connectivity index (χ3n) is 3.06. The van der Waals surface area contributed by atoms with Crippen molar-refractivity contribution in [1.82, 2.24) is 5.32 Å². The van der Waals surface area contributed by atoms with Gasteiger partial charge in [-0.15, -0.1) is 0 Å². The molecule has 2 aromatic rings. The topological polar surface area (TPSA) is 54.6 Å². The van der Waals surface area contributed by atoms with Crippen molar-refractivity contribution in [3.63, 3.8) is 0 Å². The van der Waals surface area contributed by atoms with Gasteiger partial charge in [-0.2, -0.15) is 0 Å². The first kappa shape index (κ1) is 12.9. The van der Waals surface area contributed by atoms with E-state index in [9.17, 15) is 0 Å². The minimum atomic E-state index is 0.111. The molecule has 0 aliphatic rings. The molecular formula is C14H19NO3. The van der Waals surface area contributed by atoms with Crippen LogP contribution < -0.4 is 10.1 Å². The number of nitrogens with one attached hydrogen (secondary N) is 1. The molecule has 0 spiro atoms. The zero-order valence-electron chi connectivity index (χ0n) is 10.8. The van der Waals surface area contributed by atoms with Gasteiger partial charge in [-0.1, -0.05) is 19.1 Å². The zero-order valence-corrected chi connectivity index (χ0v) is 10.8. The van der Waals surface area contributed by atoms with E-state index in [1.807, 2.05) is 31.2 Å². The van der Waals surface area contributed by atoms with Crippen molar-refractivity contribution < 1.29 is 14.3 Å². The number of para-hydroxylation sites is 1. The lowest BCUT2D eigenvalue weighted by molar-refractivity contribution is 0.236. The maximum absolute atomic E-state index is 9.11. The number of rotatable bonds is 6. The number of ether oxygens (including phenoxy) is 1. The lowest BCUT2D eigenvalue weighted by atomic mass is 10.2. The van der Waals surface area contributed by atoms with E-state index in [2.05, 4.69) is 5.32 Å². The maximum atomic E-state index is 9.11. The van der Waals surface area contributed by atoms with Crippen molar-refractivity contribution in [1.29, 1.82) is 0 Å². The highest BCUT2D eigenvalue weighted by Crippen LogP contribution is 2.28. The Morgan fingerprint density at radius 3 is 2.94 bits per heavy atom. The average molecular weight is 249 g/mol. The summed E-state index contributed by atoms with van der Waals surface area (Å²) in [6.07, 6.45) is 0.889. The van der Waals surface area contributed by atoms with Crippen LogP contribution in [0.5, 0.6) is 5.75 Å². The van der Waals surface area contributed by atoms with Crippen LogP contribution in [0.15, 0.2) is 28.7 Å². The van der Waals surface area contributed by atoms with Crippen LogP contribution >= 0.6 is 0 Å². The van der Waals surface area contributed by atoms with Gasteiger partial charge in [0.1, 0.15) is 5.76 Å². The van der Waals surface area contributed by atoms with Gasteiger partial charge in [0.05, 0.1) is 20.3 Å². The highest BCUT2D eigenvalue weighted by Gasteiger charge is 2.10. The third-order valence-corrected chi connectivity index (χ3v) is 3.06. The van der Waals surface area contributed by atoms with E-state index in [1.165, 1.54) is 0 Å². The highest BCUT2D eigenvalue weighted by atomic mass is 16.5. The number of methoxy groups -OCH3 is 1. The Bertz CT molecular complexity index is 503. The lowest BCUT2D eigenvalue weighted by Crippen LogP contribution is -2.30. The first-order valence-electron chi connectivity index (χ1n) is 6.18. The Balaban J connectivity index is 2.15. The molecule has 1 aromatic carbocycles. The van der Waals surface area contributed by atoms with Crippen LogP contribution in [0.3, 0.4) is 0 Å². The Kier molecular flexibility index (Phi) is 4.23. The summed E-state index contributed by atoms with van der Waals surface area (Å²) in [7, 11) is 1.63. The summed E-state index contributed by atoms with van der Waals surface area (Å²) in [5, 5.41) is 13.4. The maximum Gasteiger partial charge on any atom is 0.176 e. The van der Waals surface area contributed by atoms with Crippen molar-refractivity contribution in [2.45, 2.75) is 25.9 Å². The molecule has 0 fully saturated rings. The molecule has 98 valence electrons. The summed E-state index contributed by atoms with van der Waals surface area (Å²) in [6.45, 7) is 2.78. The summed E-state index contributed by atoms with van der Waals surface area (Å²) in [5.41, 5.74) is 0.772. The molecular weight excluding hydrogens is 230 g/mol. The van der Waals surface area contributed by atoms with Gasteiger partial charge < -0.3 is 19.6 Å². The van der Waals surface area contributed by atoms with Crippen molar-refractivity contribution in [2.24, 2.45) is 0 Å². The lowest BCUT2D eigenvalue weighted by Gasteiger charge is -2.12. The average Bonchev–Trinajstić information content (AvgIpc) is 2.82. The second kappa shape index (κ2) is 5.89. The molecule has 0 amide bonds. The molecule has 1 aromatic heterocycles. The van der Waals surface area contributed by atoms with Gasteiger partial charge in [0.15, 0.2) is 11.3 Å². The molecule has 4 nitrogen and oxygen atoms in total. The van der Waals surface area contributed by atoms with E-state index in [1.54, 1.807) is 7.11 Å². The fourth-order valence-corrected chi connectivity index (χ4v) is 1.92. The van der Waals surface area contributed by atoms with Gasteiger partial charge in [-0.25, -0.2) is 0 Å². The monoisotopic (exact) mass is 249 g/mol. The second-order valence-corrected chi connectivity index (χ2v) is 4.26. The van der Waals surface area contributed by atoms with Gasteiger partial charge in [-0.05, 0) is 18.6 Å². The van der Waals surface area contributed by atoms with E-state index >= 15 is 0 Å². The van der Waals surface area contributed by atoms with Gasteiger partial charge in [0.2, 0.25) is 0 Å². The number of fused-ring (bicyclic) bond motifs is 1. The predicted molar refractivity (Wildman–Crippen MR) is 70.8 cm³/mol. The fraction of sp³-hybridized carbons (Fsp3) is 0.429. The van der Waals surface area contributed by atoms with Crippen LogP contribution in [0, 0.1) is 0 Å². The van der Waals surface area contributed by atoms with Gasteiger partial charge >= 0.3 is 0 Å². The molecule has 0 bridgehead atoms. The molecule has 1 atom stereocenters. The van der Waals surface area contributed by atoms with Crippen LogP contribution in [0.4, 0.5) is 0 Å². The summed E-state index contributed by atoms with van der Waals surface area (Å²) >= 11 is 0. The molecule has 0 aliphatic heterocycles. The standard InChI is InChI=1S/C14H19NO3/c1-3-11(9-16)15-8-12-7-10-5-4-6-13(17-2)14(10)18-12/h4-7,11,15-16H,3,8-9H2,1-2H3. The van der Waals surface area contributed by atoms with Crippen molar-refractivity contribution in [3.8, 4) is 5.75 Å². The van der Waals surface area contributed by atoms with Crippen molar-refractivity contribution >= 4 is 11.0 Å². The molecule has 0 saturated heterocycles. The van der Waals surface area contributed by atoms with E-state index in [0.29, 0.717) is 6.54 Å². The fourth-order valence-electron chi connectivity index (χ4n) is 1.92. The second-order valence-electron chi connectivity index (χ2n) is 4.26. The number of benzene rings is 1. The Labute approximate surface area is 107 Å². The van der Waals surface area contributed by atoms with Crippen molar-refractivity contribution in [3.05, 3.63) is 30.0 Å². The third kappa shape index (κ3) is 2.66. The van der Waals surface area contributed by atoms with Gasteiger partial charge in [0.25, 0.3) is 0 Å². The van der Waals surface area contributed by atoms with E-state index < -0.39 is 0 Å².